The van der Waals surface area contributed by atoms with Gasteiger partial charge in [-0.05, 0) is 49.1 Å². The Morgan fingerprint density at radius 1 is 1.17 bits per heavy atom. The zero-order chi connectivity index (χ0) is 17.2. The number of aryl methyl sites for hydroxylation is 1. The Hall–Kier alpha value is -1.98. The molecule has 0 saturated heterocycles. The topological polar surface area (TPSA) is 58.6 Å². The first-order valence-corrected chi connectivity index (χ1v) is 8.87. The van der Waals surface area contributed by atoms with Gasteiger partial charge in [-0.25, -0.2) is 5.48 Å². The van der Waals surface area contributed by atoms with Crippen molar-refractivity contribution in [2.45, 2.75) is 35.8 Å². The number of rotatable bonds is 9. The summed E-state index contributed by atoms with van der Waals surface area (Å²) in [6.45, 7) is 0. The van der Waals surface area contributed by atoms with E-state index in [4.69, 9.17) is 9.94 Å². The predicted molar refractivity (Wildman–Crippen MR) is 96.6 cm³/mol. The number of methoxy groups -OCH3 is 1. The predicted octanol–water partition coefficient (Wildman–Crippen LogP) is 4.07. The lowest BCUT2D eigenvalue weighted by Crippen LogP contribution is -2.23. The zero-order valence-corrected chi connectivity index (χ0v) is 14.6. The minimum atomic E-state index is -0.347. The van der Waals surface area contributed by atoms with Gasteiger partial charge in [0.15, 0.2) is 0 Å². The molecule has 0 radical (unpaired) electrons. The van der Waals surface area contributed by atoms with E-state index in [-0.39, 0.29) is 11.2 Å². The monoisotopic (exact) mass is 345 g/mol. The van der Waals surface area contributed by atoms with Crippen LogP contribution in [0.4, 0.5) is 0 Å². The van der Waals surface area contributed by atoms with Crippen LogP contribution in [0, 0.1) is 0 Å². The first-order valence-electron chi connectivity index (χ1n) is 7.99. The molecule has 0 aliphatic carbocycles. The lowest BCUT2D eigenvalue weighted by atomic mass is 10.1. The van der Waals surface area contributed by atoms with Crippen LogP contribution in [-0.4, -0.2) is 23.5 Å². The van der Waals surface area contributed by atoms with Gasteiger partial charge >= 0.3 is 0 Å². The van der Waals surface area contributed by atoms with Crippen LogP contribution >= 0.6 is 11.8 Å². The molecule has 2 rings (SSSR count). The minimum Gasteiger partial charge on any atom is -0.497 e. The number of hydrogen-bond donors (Lipinski definition) is 2. The number of hydroxylamine groups is 1. The average molecular weight is 345 g/mol. The standard InChI is InChI=1S/C19H23NO3S/c1-23-16-10-12-17(13-11-16)24-18(14-19(21)20-22)9-5-8-15-6-3-2-4-7-15/h2-4,6-7,10-13,18,22H,5,8-9,14H2,1H3,(H,20,21). The molecule has 0 aliphatic rings. The second-order valence-electron chi connectivity index (χ2n) is 5.53. The Bertz CT molecular complexity index is 616. The Morgan fingerprint density at radius 3 is 2.50 bits per heavy atom. The number of hydrogen-bond acceptors (Lipinski definition) is 4. The van der Waals surface area contributed by atoms with Gasteiger partial charge in [-0.15, -0.1) is 11.8 Å². The Labute approximate surface area is 147 Å². The Balaban J connectivity index is 1.91. The molecule has 1 amide bonds. The van der Waals surface area contributed by atoms with Crippen molar-refractivity contribution in [3.05, 3.63) is 60.2 Å². The lowest BCUT2D eigenvalue weighted by molar-refractivity contribution is -0.129. The molecule has 24 heavy (non-hydrogen) atoms. The molecule has 128 valence electrons. The van der Waals surface area contributed by atoms with Gasteiger partial charge in [0.25, 0.3) is 0 Å². The molecule has 0 aliphatic heterocycles. The highest BCUT2D eigenvalue weighted by molar-refractivity contribution is 8.00. The molecule has 0 saturated carbocycles. The zero-order valence-electron chi connectivity index (χ0n) is 13.8. The van der Waals surface area contributed by atoms with Gasteiger partial charge < -0.3 is 4.74 Å². The van der Waals surface area contributed by atoms with Gasteiger partial charge in [-0.2, -0.15) is 0 Å². The van der Waals surface area contributed by atoms with Crippen molar-refractivity contribution in [1.82, 2.24) is 5.48 Å². The van der Waals surface area contributed by atoms with Crippen LogP contribution in [0.15, 0.2) is 59.5 Å². The molecular weight excluding hydrogens is 322 g/mol. The molecule has 2 N–H and O–H groups in total. The third-order valence-electron chi connectivity index (χ3n) is 3.73. The molecule has 0 fully saturated rings. The molecule has 2 aromatic carbocycles. The van der Waals surface area contributed by atoms with Gasteiger partial charge in [-0.1, -0.05) is 30.3 Å². The first kappa shape index (κ1) is 18.4. The molecular formula is C19H23NO3S. The summed E-state index contributed by atoms with van der Waals surface area (Å²) in [6, 6.07) is 18.1. The molecule has 4 nitrogen and oxygen atoms in total. The largest absolute Gasteiger partial charge is 0.497 e. The number of carbonyl (C=O) groups excluding carboxylic acids is 1. The van der Waals surface area contributed by atoms with Gasteiger partial charge in [0.2, 0.25) is 5.91 Å². The van der Waals surface area contributed by atoms with Crippen molar-refractivity contribution >= 4 is 17.7 Å². The summed E-state index contributed by atoms with van der Waals surface area (Å²) in [5.41, 5.74) is 3.04. The van der Waals surface area contributed by atoms with E-state index in [1.807, 2.05) is 42.5 Å². The first-order chi connectivity index (χ1) is 11.7. The lowest BCUT2D eigenvalue weighted by Gasteiger charge is -2.16. The van der Waals surface area contributed by atoms with E-state index in [0.717, 1.165) is 29.9 Å². The molecule has 1 unspecified atom stereocenters. The quantitative estimate of drug-likeness (QED) is 0.408. The number of benzene rings is 2. The number of amides is 1. The van der Waals surface area contributed by atoms with Gasteiger partial charge in [0.1, 0.15) is 5.75 Å². The average Bonchev–Trinajstić information content (AvgIpc) is 2.63. The summed E-state index contributed by atoms with van der Waals surface area (Å²) < 4.78 is 5.16. The van der Waals surface area contributed by atoms with Crippen LogP contribution in [0.5, 0.6) is 5.75 Å². The van der Waals surface area contributed by atoms with E-state index >= 15 is 0 Å². The second kappa shape index (κ2) is 10.0. The summed E-state index contributed by atoms with van der Waals surface area (Å²) in [5.74, 6) is 0.466. The van der Waals surface area contributed by atoms with Crippen molar-refractivity contribution in [3.63, 3.8) is 0 Å². The van der Waals surface area contributed by atoms with E-state index in [2.05, 4.69) is 12.1 Å². The van der Waals surface area contributed by atoms with E-state index < -0.39 is 0 Å². The maximum absolute atomic E-state index is 11.6. The fraction of sp³-hybridized carbons (Fsp3) is 0.316. The third-order valence-corrected chi connectivity index (χ3v) is 5.01. The molecule has 2 aromatic rings. The van der Waals surface area contributed by atoms with E-state index in [1.54, 1.807) is 24.4 Å². The van der Waals surface area contributed by atoms with Crippen LogP contribution in [0.1, 0.15) is 24.8 Å². The second-order valence-corrected chi connectivity index (χ2v) is 6.91. The molecule has 0 bridgehead atoms. The molecule has 0 aromatic heterocycles. The van der Waals surface area contributed by atoms with Crippen LogP contribution in [0.3, 0.4) is 0 Å². The fourth-order valence-corrected chi connectivity index (χ4v) is 3.68. The summed E-state index contributed by atoms with van der Waals surface area (Å²) in [7, 11) is 1.64. The number of carbonyl (C=O) groups is 1. The third kappa shape index (κ3) is 6.26. The maximum Gasteiger partial charge on any atom is 0.244 e. The van der Waals surface area contributed by atoms with E-state index in [9.17, 15) is 4.79 Å². The molecule has 5 heteroatoms. The number of thioether (sulfide) groups is 1. The van der Waals surface area contributed by atoms with Crippen molar-refractivity contribution < 1.29 is 14.7 Å². The highest BCUT2D eigenvalue weighted by Crippen LogP contribution is 2.30. The van der Waals surface area contributed by atoms with Crippen molar-refractivity contribution in [1.29, 1.82) is 0 Å². The summed E-state index contributed by atoms with van der Waals surface area (Å²) in [6.07, 6.45) is 3.18. The minimum absolute atomic E-state index is 0.120. The van der Waals surface area contributed by atoms with Crippen molar-refractivity contribution in [2.75, 3.05) is 7.11 Å². The number of nitrogens with one attached hydrogen (secondary N) is 1. The molecule has 0 heterocycles. The van der Waals surface area contributed by atoms with Gasteiger partial charge in [0.05, 0.1) is 7.11 Å². The SMILES string of the molecule is COc1ccc(SC(CCCc2ccccc2)CC(=O)NO)cc1. The summed E-state index contributed by atoms with van der Waals surface area (Å²) >= 11 is 1.66. The van der Waals surface area contributed by atoms with Crippen LogP contribution < -0.4 is 10.2 Å². The smallest absolute Gasteiger partial charge is 0.244 e. The maximum atomic E-state index is 11.6. The van der Waals surface area contributed by atoms with Crippen LogP contribution in [0.25, 0.3) is 0 Å². The molecule has 0 spiro atoms. The number of ether oxygens (including phenoxy) is 1. The Morgan fingerprint density at radius 2 is 1.88 bits per heavy atom. The highest BCUT2D eigenvalue weighted by atomic mass is 32.2. The Kier molecular flexibility index (Phi) is 7.65. The van der Waals surface area contributed by atoms with E-state index in [0.29, 0.717) is 6.42 Å². The van der Waals surface area contributed by atoms with E-state index in [1.165, 1.54) is 5.56 Å². The fourth-order valence-electron chi connectivity index (χ4n) is 2.48. The normalized spacial score (nSPS) is 11.8. The van der Waals surface area contributed by atoms with Gasteiger partial charge in [-0.3, -0.25) is 10.0 Å². The highest BCUT2D eigenvalue weighted by Gasteiger charge is 2.15. The summed E-state index contributed by atoms with van der Waals surface area (Å²) in [4.78, 5) is 12.6. The summed E-state index contributed by atoms with van der Waals surface area (Å²) in [5, 5.41) is 8.92. The van der Waals surface area contributed by atoms with Gasteiger partial charge in [0, 0.05) is 16.6 Å². The van der Waals surface area contributed by atoms with Crippen LogP contribution in [0.2, 0.25) is 0 Å². The molecule has 1 atom stereocenters. The van der Waals surface area contributed by atoms with Crippen molar-refractivity contribution in [3.8, 4) is 5.75 Å². The van der Waals surface area contributed by atoms with Crippen molar-refractivity contribution in [2.24, 2.45) is 0 Å². The van der Waals surface area contributed by atoms with Crippen LogP contribution in [-0.2, 0) is 11.2 Å².